The van der Waals surface area contributed by atoms with E-state index < -0.39 is 0 Å². The standard InChI is InChI=1S/C27H32N2O/c1-17-11-13-29(14-12-17)27(30)21-9-10-23-22(16-21)24-19-7-8-20(15-19)25(24)26(28-23)18-5-3-2-4-6-18/h2-6,9-10,16-17,19-20,24-26,28H,7-8,11-15H2,1H3/t19-,20-,24-,25-,26+/m0/s1. The van der Waals surface area contributed by atoms with Crippen LogP contribution in [0.15, 0.2) is 48.5 Å². The van der Waals surface area contributed by atoms with E-state index in [0.717, 1.165) is 49.2 Å². The molecule has 5 atom stereocenters. The van der Waals surface area contributed by atoms with E-state index in [0.29, 0.717) is 17.9 Å². The summed E-state index contributed by atoms with van der Waals surface area (Å²) in [5.74, 6) is 3.82. The third kappa shape index (κ3) is 2.89. The Labute approximate surface area is 179 Å². The Bertz CT molecular complexity index is 947. The van der Waals surface area contributed by atoms with E-state index in [1.165, 1.54) is 36.1 Å². The molecule has 0 unspecified atom stereocenters. The molecule has 3 heteroatoms. The number of anilines is 1. The molecule has 2 aromatic rings. The predicted molar refractivity (Wildman–Crippen MR) is 121 cm³/mol. The zero-order valence-electron chi connectivity index (χ0n) is 17.9. The minimum atomic E-state index is 0.231. The van der Waals surface area contributed by atoms with Crippen LogP contribution < -0.4 is 5.32 Å². The normalized spacial score (nSPS) is 32.4. The van der Waals surface area contributed by atoms with E-state index in [1.807, 2.05) is 0 Å². The number of amides is 1. The van der Waals surface area contributed by atoms with E-state index >= 15 is 0 Å². The molecule has 3 nitrogen and oxygen atoms in total. The number of nitrogens with zero attached hydrogens (tertiary/aromatic N) is 1. The lowest BCUT2D eigenvalue weighted by atomic mass is 9.68. The van der Waals surface area contributed by atoms with Crippen molar-refractivity contribution in [2.24, 2.45) is 23.7 Å². The Morgan fingerprint density at radius 1 is 0.967 bits per heavy atom. The molecule has 2 aromatic carbocycles. The molecule has 2 heterocycles. The number of carbonyl (C=O) groups excluding carboxylic acids is 1. The second-order valence-electron chi connectivity index (χ2n) is 10.2. The van der Waals surface area contributed by atoms with Gasteiger partial charge in [0.1, 0.15) is 0 Å². The molecule has 2 aliphatic heterocycles. The molecule has 0 radical (unpaired) electrons. The fourth-order valence-corrected chi connectivity index (χ4v) is 7.00. The number of nitrogens with one attached hydrogen (secondary N) is 1. The van der Waals surface area contributed by atoms with Gasteiger partial charge in [-0.05, 0) is 91.0 Å². The number of piperidine rings is 1. The Balaban J connectivity index is 1.35. The van der Waals surface area contributed by atoms with Crippen molar-refractivity contribution >= 4 is 11.6 Å². The van der Waals surface area contributed by atoms with Crippen LogP contribution in [0.25, 0.3) is 0 Å². The average molecular weight is 401 g/mol. The predicted octanol–water partition coefficient (Wildman–Crippen LogP) is 5.86. The van der Waals surface area contributed by atoms with Gasteiger partial charge in [0.25, 0.3) is 5.91 Å². The fraction of sp³-hybridized carbons (Fsp3) is 0.519. The van der Waals surface area contributed by atoms with Crippen molar-refractivity contribution in [2.75, 3.05) is 18.4 Å². The van der Waals surface area contributed by atoms with Crippen LogP contribution in [0.5, 0.6) is 0 Å². The summed E-state index contributed by atoms with van der Waals surface area (Å²) in [4.78, 5) is 15.3. The number of carbonyl (C=O) groups is 1. The molecule has 1 amide bonds. The van der Waals surface area contributed by atoms with Crippen molar-refractivity contribution in [1.82, 2.24) is 4.90 Å². The number of fused-ring (bicyclic) bond motifs is 7. The number of hydrogen-bond donors (Lipinski definition) is 1. The zero-order valence-corrected chi connectivity index (χ0v) is 17.9. The highest BCUT2D eigenvalue weighted by Gasteiger charge is 2.53. The molecule has 1 saturated heterocycles. The van der Waals surface area contributed by atoms with Crippen LogP contribution in [0.2, 0.25) is 0 Å². The zero-order chi connectivity index (χ0) is 20.2. The largest absolute Gasteiger partial charge is 0.378 e. The summed E-state index contributed by atoms with van der Waals surface area (Å²) in [6, 6.07) is 17.9. The van der Waals surface area contributed by atoms with Gasteiger partial charge in [-0.1, -0.05) is 37.3 Å². The van der Waals surface area contributed by atoms with Crippen molar-refractivity contribution in [3.63, 3.8) is 0 Å². The lowest BCUT2D eigenvalue weighted by Crippen LogP contribution is -2.38. The summed E-state index contributed by atoms with van der Waals surface area (Å²) in [5, 5.41) is 3.90. The molecule has 3 fully saturated rings. The second kappa shape index (κ2) is 7.14. The smallest absolute Gasteiger partial charge is 0.253 e. The van der Waals surface area contributed by atoms with Crippen LogP contribution >= 0.6 is 0 Å². The first-order valence-electron chi connectivity index (χ1n) is 11.9. The third-order valence-corrected chi connectivity index (χ3v) is 8.56. The highest BCUT2D eigenvalue weighted by atomic mass is 16.2. The minimum Gasteiger partial charge on any atom is -0.378 e. The maximum absolute atomic E-state index is 13.2. The van der Waals surface area contributed by atoms with Gasteiger partial charge in [0.15, 0.2) is 0 Å². The lowest BCUT2D eigenvalue weighted by Gasteiger charge is -2.43. The van der Waals surface area contributed by atoms with Gasteiger partial charge in [-0.25, -0.2) is 0 Å². The maximum Gasteiger partial charge on any atom is 0.253 e. The molecule has 4 aliphatic rings. The summed E-state index contributed by atoms with van der Waals surface area (Å²) < 4.78 is 0. The van der Waals surface area contributed by atoms with Gasteiger partial charge in [0, 0.05) is 24.3 Å². The Hall–Kier alpha value is -2.29. The first kappa shape index (κ1) is 18.5. The fourth-order valence-electron chi connectivity index (χ4n) is 7.00. The SMILES string of the molecule is CC1CCN(C(=O)c2ccc3c(c2)[C@@H]2[C@H]4CC[C@@H](C4)[C@@H]2[C@@H](c2ccccc2)N3)CC1. The van der Waals surface area contributed by atoms with Gasteiger partial charge < -0.3 is 10.2 Å². The minimum absolute atomic E-state index is 0.231. The quantitative estimate of drug-likeness (QED) is 0.685. The van der Waals surface area contributed by atoms with Crippen LogP contribution in [-0.4, -0.2) is 23.9 Å². The number of rotatable bonds is 2. The first-order chi connectivity index (χ1) is 14.7. The third-order valence-electron chi connectivity index (χ3n) is 8.56. The van der Waals surface area contributed by atoms with Gasteiger partial charge in [0.2, 0.25) is 0 Å². The van der Waals surface area contributed by atoms with Crippen LogP contribution in [-0.2, 0) is 0 Å². The average Bonchev–Trinajstić information content (AvgIpc) is 3.42. The highest BCUT2D eigenvalue weighted by molar-refractivity contribution is 5.95. The molecule has 156 valence electrons. The Kier molecular flexibility index (Phi) is 4.40. The van der Waals surface area contributed by atoms with E-state index in [9.17, 15) is 4.79 Å². The maximum atomic E-state index is 13.2. The number of likely N-dealkylation sites (tertiary alicyclic amines) is 1. The molecule has 0 aromatic heterocycles. The summed E-state index contributed by atoms with van der Waals surface area (Å²) in [7, 11) is 0. The van der Waals surface area contributed by atoms with Crippen LogP contribution in [0.3, 0.4) is 0 Å². The molecule has 30 heavy (non-hydrogen) atoms. The van der Waals surface area contributed by atoms with Gasteiger partial charge in [0.05, 0.1) is 6.04 Å². The van der Waals surface area contributed by atoms with E-state index in [-0.39, 0.29) is 5.91 Å². The Morgan fingerprint density at radius 3 is 2.53 bits per heavy atom. The molecule has 2 bridgehead atoms. The van der Waals surface area contributed by atoms with Gasteiger partial charge in [-0.15, -0.1) is 0 Å². The summed E-state index contributed by atoms with van der Waals surface area (Å²) in [5.41, 5.74) is 4.97. The second-order valence-corrected chi connectivity index (χ2v) is 10.2. The van der Waals surface area contributed by atoms with E-state index in [4.69, 9.17) is 0 Å². The molecule has 1 N–H and O–H groups in total. The van der Waals surface area contributed by atoms with Gasteiger partial charge in [-0.2, -0.15) is 0 Å². The molecular formula is C27H32N2O. The molecule has 0 spiro atoms. The summed E-state index contributed by atoms with van der Waals surface area (Å²) in [6.45, 7) is 4.11. The molecule has 2 aliphatic carbocycles. The summed E-state index contributed by atoms with van der Waals surface area (Å²) in [6.07, 6.45) is 6.35. The molecule has 2 saturated carbocycles. The van der Waals surface area contributed by atoms with E-state index in [1.54, 1.807) is 0 Å². The van der Waals surface area contributed by atoms with Crippen molar-refractivity contribution in [3.05, 3.63) is 65.2 Å². The van der Waals surface area contributed by atoms with Crippen LogP contribution in [0, 0.1) is 23.7 Å². The Morgan fingerprint density at radius 2 is 1.73 bits per heavy atom. The number of benzene rings is 2. The highest BCUT2D eigenvalue weighted by Crippen LogP contribution is 2.63. The van der Waals surface area contributed by atoms with Crippen molar-refractivity contribution in [2.45, 2.75) is 51.0 Å². The van der Waals surface area contributed by atoms with Gasteiger partial charge in [-0.3, -0.25) is 4.79 Å². The molecule has 6 rings (SSSR count). The van der Waals surface area contributed by atoms with Crippen molar-refractivity contribution in [1.29, 1.82) is 0 Å². The van der Waals surface area contributed by atoms with Gasteiger partial charge >= 0.3 is 0 Å². The van der Waals surface area contributed by atoms with Crippen molar-refractivity contribution in [3.8, 4) is 0 Å². The topological polar surface area (TPSA) is 32.3 Å². The molecular weight excluding hydrogens is 368 g/mol. The van der Waals surface area contributed by atoms with E-state index in [2.05, 4.69) is 65.7 Å². The lowest BCUT2D eigenvalue weighted by molar-refractivity contribution is 0.0697. The monoisotopic (exact) mass is 400 g/mol. The first-order valence-corrected chi connectivity index (χ1v) is 11.9. The summed E-state index contributed by atoms with van der Waals surface area (Å²) >= 11 is 0. The number of hydrogen-bond acceptors (Lipinski definition) is 2. The van der Waals surface area contributed by atoms with Crippen molar-refractivity contribution < 1.29 is 4.79 Å². The van der Waals surface area contributed by atoms with Crippen LogP contribution in [0.4, 0.5) is 5.69 Å². The van der Waals surface area contributed by atoms with Crippen LogP contribution in [0.1, 0.15) is 72.5 Å².